The van der Waals surface area contributed by atoms with Crippen LogP contribution in [0.2, 0.25) is 0 Å². The monoisotopic (exact) mass is 236 g/mol. The van der Waals surface area contributed by atoms with Gasteiger partial charge >= 0.3 is 0 Å². The average molecular weight is 236 g/mol. The van der Waals surface area contributed by atoms with Crippen molar-refractivity contribution in [2.24, 2.45) is 0 Å². The first-order chi connectivity index (χ1) is 7.92. The first kappa shape index (κ1) is 14.9. The van der Waals surface area contributed by atoms with Gasteiger partial charge in [0.2, 0.25) is 0 Å². The van der Waals surface area contributed by atoms with E-state index in [-0.39, 0.29) is 11.3 Å². The molecule has 0 saturated heterocycles. The number of hydrogen-bond acceptors (Lipinski definition) is 5. The summed E-state index contributed by atoms with van der Waals surface area (Å²) in [6, 6.07) is 5.98. The van der Waals surface area contributed by atoms with Gasteiger partial charge in [0.25, 0.3) is 5.69 Å². The van der Waals surface area contributed by atoms with E-state index in [9.17, 15) is 10.1 Å². The number of nitro groups is 1. The third-order valence-electron chi connectivity index (χ3n) is 1.60. The van der Waals surface area contributed by atoms with E-state index in [1.165, 1.54) is 18.2 Å². The number of rotatable bonds is 2. The highest BCUT2D eigenvalue weighted by molar-refractivity contribution is 5.60. The van der Waals surface area contributed by atoms with Gasteiger partial charge in [-0.25, -0.2) is 0 Å². The number of nitrogens with zero attached hydrogens (tertiary/aromatic N) is 3. The van der Waals surface area contributed by atoms with Gasteiger partial charge in [0.1, 0.15) is 6.07 Å². The minimum Gasteiger partial charge on any atom is -0.387 e. The fourth-order valence-electron chi connectivity index (χ4n) is 0.956. The molecule has 1 aromatic carbocycles. The van der Waals surface area contributed by atoms with E-state index in [1.807, 2.05) is 32.1 Å². The minimum absolute atomic E-state index is 0.0736. The molecular formula is C11H16N4O2. The van der Waals surface area contributed by atoms with Crippen LogP contribution in [0.15, 0.2) is 18.2 Å². The topological polar surface area (TPSA) is 82.2 Å². The average Bonchev–Trinajstić information content (AvgIpc) is 2.27. The molecule has 1 aromatic rings. The maximum atomic E-state index is 10.3. The molecule has 0 aliphatic rings. The Morgan fingerprint density at radius 3 is 2.29 bits per heavy atom. The number of anilines is 1. The molecule has 0 aliphatic heterocycles. The van der Waals surface area contributed by atoms with Crippen molar-refractivity contribution >= 4 is 11.4 Å². The Hall–Kier alpha value is -2.13. The van der Waals surface area contributed by atoms with Crippen LogP contribution in [0.4, 0.5) is 11.4 Å². The van der Waals surface area contributed by atoms with E-state index in [1.54, 1.807) is 7.05 Å². The Morgan fingerprint density at radius 2 is 1.94 bits per heavy atom. The van der Waals surface area contributed by atoms with E-state index in [0.29, 0.717) is 5.69 Å². The zero-order valence-electron chi connectivity index (χ0n) is 10.4. The molecule has 92 valence electrons. The molecule has 0 spiro atoms. The van der Waals surface area contributed by atoms with Crippen molar-refractivity contribution in [3.05, 3.63) is 33.9 Å². The van der Waals surface area contributed by atoms with Crippen LogP contribution in [-0.2, 0) is 0 Å². The zero-order chi connectivity index (χ0) is 13.4. The third-order valence-corrected chi connectivity index (χ3v) is 1.60. The molecule has 1 N–H and O–H groups in total. The second-order valence-corrected chi connectivity index (χ2v) is 3.69. The third kappa shape index (κ3) is 5.49. The lowest BCUT2D eigenvalue weighted by Crippen LogP contribution is -1.99. The van der Waals surface area contributed by atoms with Gasteiger partial charge < -0.3 is 10.2 Å². The van der Waals surface area contributed by atoms with Gasteiger partial charge in [0.05, 0.1) is 16.2 Å². The number of nitrogens with one attached hydrogen (secondary N) is 1. The Bertz CT molecular complexity index is 421. The van der Waals surface area contributed by atoms with E-state index in [2.05, 4.69) is 5.32 Å². The van der Waals surface area contributed by atoms with E-state index in [4.69, 9.17) is 5.26 Å². The predicted molar refractivity (Wildman–Crippen MR) is 67.0 cm³/mol. The number of nitro benzene ring substituents is 1. The lowest BCUT2D eigenvalue weighted by atomic mass is 10.2. The van der Waals surface area contributed by atoms with Crippen LogP contribution in [0.25, 0.3) is 0 Å². The predicted octanol–water partition coefficient (Wildman–Crippen LogP) is 1.69. The summed E-state index contributed by atoms with van der Waals surface area (Å²) in [6.07, 6.45) is 0. The summed E-state index contributed by atoms with van der Waals surface area (Å²) in [4.78, 5) is 11.8. The molecule has 0 bridgehead atoms. The van der Waals surface area contributed by atoms with Crippen molar-refractivity contribution in [2.75, 3.05) is 33.5 Å². The summed E-state index contributed by atoms with van der Waals surface area (Å²) in [6.45, 7) is 0. The van der Waals surface area contributed by atoms with Crippen molar-refractivity contribution < 1.29 is 4.92 Å². The van der Waals surface area contributed by atoms with Gasteiger partial charge in [-0.1, -0.05) is 0 Å². The quantitative estimate of drug-likeness (QED) is 0.624. The number of benzene rings is 1. The van der Waals surface area contributed by atoms with Crippen molar-refractivity contribution in [2.45, 2.75) is 0 Å². The van der Waals surface area contributed by atoms with E-state index in [0.717, 1.165) is 0 Å². The Kier molecular flexibility index (Phi) is 6.29. The summed E-state index contributed by atoms with van der Waals surface area (Å²) in [5.74, 6) is 0. The van der Waals surface area contributed by atoms with Gasteiger partial charge in [-0.15, -0.1) is 0 Å². The summed E-state index contributed by atoms with van der Waals surface area (Å²) in [5, 5.41) is 21.8. The molecule has 0 amide bonds. The van der Waals surface area contributed by atoms with Crippen molar-refractivity contribution in [3.63, 3.8) is 0 Å². The highest BCUT2D eigenvalue weighted by atomic mass is 16.6. The largest absolute Gasteiger partial charge is 0.387 e. The van der Waals surface area contributed by atoms with Crippen molar-refractivity contribution in [1.82, 2.24) is 4.90 Å². The van der Waals surface area contributed by atoms with Crippen molar-refractivity contribution in [1.29, 1.82) is 5.26 Å². The van der Waals surface area contributed by atoms with Crippen LogP contribution < -0.4 is 5.32 Å². The Labute approximate surface area is 101 Å². The smallest absolute Gasteiger partial charge is 0.270 e. The molecule has 0 atom stereocenters. The van der Waals surface area contributed by atoms with Crippen molar-refractivity contribution in [3.8, 4) is 6.07 Å². The van der Waals surface area contributed by atoms with Gasteiger partial charge in [0.15, 0.2) is 0 Å². The molecule has 0 heterocycles. The van der Waals surface area contributed by atoms with Gasteiger partial charge in [0, 0.05) is 19.2 Å². The molecule has 17 heavy (non-hydrogen) atoms. The molecular weight excluding hydrogens is 220 g/mol. The molecule has 0 aromatic heterocycles. The molecule has 0 saturated carbocycles. The molecule has 1 rings (SSSR count). The highest BCUT2D eigenvalue weighted by Crippen LogP contribution is 2.20. The first-order valence-electron chi connectivity index (χ1n) is 4.89. The van der Waals surface area contributed by atoms with Gasteiger partial charge in [-0.05, 0) is 27.2 Å². The lowest BCUT2D eigenvalue weighted by Gasteiger charge is -2.00. The molecule has 0 aliphatic carbocycles. The standard InChI is InChI=1S/C8H7N3O2.C3H9N/c1-10-8-3-2-7(11(12)13)4-6(8)5-9;1-4(2)3/h2-4,10H,1H3;1-3H3. The molecule has 0 fully saturated rings. The molecule has 6 nitrogen and oxygen atoms in total. The second-order valence-electron chi connectivity index (χ2n) is 3.69. The van der Waals surface area contributed by atoms with Crippen LogP contribution >= 0.6 is 0 Å². The van der Waals surface area contributed by atoms with Crippen LogP contribution in [0.1, 0.15) is 5.56 Å². The summed E-state index contributed by atoms with van der Waals surface area (Å²) in [7, 11) is 7.65. The minimum atomic E-state index is -0.527. The fraction of sp³-hybridized carbons (Fsp3) is 0.364. The maximum absolute atomic E-state index is 10.3. The van der Waals surface area contributed by atoms with Crippen LogP contribution in [0.3, 0.4) is 0 Å². The molecule has 0 unspecified atom stereocenters. The van der Waals surface area contributed by atoms with E-state index < -0.39 is 4.92 Å². The fourth-order valence-corrected chi connectivity index (χ4v) is 0.956. The van der Waals surface area contributed by atoms with Crippen LogP contribution in [0.5, 0.6) is 0 Å². The lowest BCUT2D eigenvalue weighted by molar-refractivity contribution is -0.384. The highest BCUT2D eigenvalue weighted by Gasteiger charge is 2.08. The Morgan fingerprint density at radius 1 is 1.41 bits per heavy atom. The molecule has 6 heteroatoms. The number of non-ortho nitro benzene ring substituents is 1. The van der Waals surface area contributed by atoms with Crippen LogP contribution in [-0.4, -0.2) is 38.0 Å². The number of hydrogen-bond donors (Lipinski definition) is 1. The Balaban J connectivity index is 0.000000557. The summed E-state index contributed by atoms with van der Waals surface area (Å²) in [5.41, 5.74) is 0.792. The molecule has 0 radical (unpaired) electrons. The zero-order valence-corrected chi connectivity index (χ0v) is 10.4. The number of nitriles is 1. The normalized spacial score (nSPS) is 8.94. The maximum Gasteiger partial charge on any atom is 0.270 e. The van der Waals surface area contributed by atoms with Gasteiger partial charge in [-0.3, -0.25) is 10.1 Å². The summed E-state index contributed by atoms with van der Waals surface area (Å²) >= 11 is 0. The summed E-state index contributed by atoms with van der Waals surface area (Å²) < 4.78 is 0. The van der Waals surface area contributed by atoms with Crippen LogP contribution in [0, 0.1) is 21.4 Å². The first-order valence-corrected chi connectivity index (χ1v) is 4.89. The SMILES string of the molecule is CN(C)C.CNc1ccc([N+](=O)[O-])cc1C#N. The second kappa shape index (κ2) is 7.19. The van der Waals surface area contributed by atoms with E-state index >= 15 is 0 Å². The van der Waals surface area contributed by atoms with Gasteiger partial charge in [-0.2, -0.15) is 5.26 Å².